The first-order chi connectivity index (χ1) is 30.2. The Hall–Kier alpha value is -5.81. The summed E-state index contributed by atoms with van der Waals surface area (Å²) in [6, 6.07) is 12.2. The number of imide groups is 1. The van der Waals surface area contributed by atoms with E-state index in [1.54, 1.807) is 43.0 Å². The molecule has 4 aliphatic rings. The van der Waals surface area contributed by atoms with Crippen LogP contribution in [-0.4, -0.2) is 101 Å². The van der Waals surface area contributed by atoms with E-state index in [0.29, 0.717) is 40.4 Å². The Bertz CT molecular complexity index is 2780. The first-order valence-corrected chi connectivity index (χ1v) is 22.8. The van der Waals surface area contributed by atoms with Crippen LogP contribution in [0.15, 0.2) is 48.7 Å². The number of nitriles is 1. The number of urea groups is 1. The van der Waals surface area contributed by atoms with Gasteiger partial charge in [-0.25, -0.2) is 18.6 Å². The number of likely N-dealkylation sites (tertiary alicyclic amines) is 1. The Morgan fingerprint density at radius 1 is 1.03 bits per heavy atom. The van der Waals surface area contributed by atoms with Crippen molar-refractivity contribution in [3.05, 3.63) is 77.1 Å². The number of halogens is 2. The SMILES string of the molecule is CCN(C)S(=O)(=O)Nc1ccc(F)c(Oc2ccc3ncc([C@H]4COC5(CCN(C6CCC(c7cc8c(cc7F)c(N7CCC(=O)NC7=O)nn8C)CC6)CC5)C4)nc3c2)c1C#N. The van der Waals surface area contributed by atoms with Crippen LogP contribution >= 0.6 is 0 Å². The van der Waals surface area contributed by atoms with Crippen molar-refractivity contribution in [3.63, 3.8) is 0 Å². The van der Waals surface area contributed by atoms with Crippen LogP contribution in [0.2, 0.25) is 0 Å². The number of aromatic nitrogens is 4. The maximum Gasteiger partial charge on any atom is 0.329 e. The van der Waals surface area contributed by atoms with Gasteiger partial charge in [-0.2, -0.15) is 23.1 Å². The molecule has 1 spiro atoms. The van der Waals surface area contributed by atoms with E-state index in [4.69, 9.17) is 14.5 Å². The third-order valence-corrected chi connectivity index (χ3v) is 14.9. The first kappa shape index (κ1) is 42.5. The van der Waals surface area contributed by atoms with Crippen LogP contribution in [0.5, 0.6) is 11.5 Å². The number of nitrogens with one attached hydrogen (secondary N) is 2. The molecule has 1 saturated carbocycles. The molecule has 16 nitrogen and oxygen atoms in total. The van der Waals surface area contributed by atoms with Crippen LogP contribution < -0.4 is 19.7 Å². The van der Waals surface area contributed by atoms with E-state index < -0.39 is 27.8 Å². The topological polar surface area (TPSA) is 188 Å². The predicted octanol–water partition coefficient (Wildman–Crippen LogP) is 6.58. The van der Waals surface area contributed by atoms with Crippen LogP contribution in [0.4, 0.5) is 25.1 Å². The van der Waals surface area contributed by atoms with Gasteiger partial charge in [-0.3, -0.25) is 29.4 Å². The van der Waals surface area contributed by atoms with Gasteiger partial charge in [-0.15, -0.1) is 0 Å². The molecule has 330 valence electrons. The second-order valence-corrected chi connectivity index (χ2v) is 18.8. The summed E-state index contributed by atoms with van der Waals surface area (Å²) in [7, 11) is -0.818. The molecule has 19 heteroatoms. The summed E-state index contributed by atoms with van der Waals surface area (Å²) in [5, 5.41) is 17.3. The number of hydrogen-bond acceptors (Lipinski definition) is 11. The molecular formula is C44H48F2N10O6S. The van der Waals surface area contributed by atoms with Gasteiger partial charge in [0.15, 0.2) is 17.4 Å². The Labute approximate surface area is 363 Å². The number of rotatable bonds is 10. The van der Waals surface area contributed by atoms with Gasteiger partial charge in [0.2, 0.25) is 5.91 Å². The number of fused-ring (bicyclic) bond motifs is 2. The molecule has 3 aromatic carbocycles. The molecule has 0 radical (unpaired) electrons. The number of nitrogens with zero attached hydrogens (tertiary/aromatic N) is 8. The highest BCUT2D eigenvalue weighted by Crippen LogP contribution is 2.45. The zero-order valence-corrected chi connectivity index (χ0v) is 36.1. The number of hydrogen-bond donors (Lipinski definition) is 2. The fraction of sp³-hybridized carbons (Fsp3) is 0.455. The molecule has 5 heterocycles. The zero-order chi connectivity index (χ0) is 44.2. The van der Waals surface area contributed by atoms with Crippen LogP contribution in [0.3, 0.4) is 0 Å². The van der Waals surface area contributed by atoms with Crippen LogP contribution in [0.25, 0.3) is 21.9 Å². The monoisotopic (exact) mass is 882 g/mol. The lowest BCUT2D eigenvalue weighted by molar-refractivity contribution is -0.120. The highest BCUT2D eigenvalue weighted by molar-refractivity contribution is 7.90. The van der Waals surface area contributed by atoms with Gasteiger partial charge in [0.1, 0.15) is 23.2 Å². The van der Waals surface area contributed by atoms with E-state index in [1.807, 2.05) is 12.1 Å². The fourth-order valence-electron chi connectivity index (χ4n) is 9.61. The molecule has 2 N–H and O–H groups in total. The second-order valence-electron chi connectivity index (χ2n) is 17.0. The molecule has 63 heavy (non-hydrogen) atoms. The minimum atomic E-state index is -3.98. The largest absolute Gasteiger partial charge is 0.453 e. The molecule has 2 aromatic heterocycles. The summed E-state index contributed by atoms with van der Waals surface area (Å²) in [5.74, 6) is -1.24. The Morgan fingerprint density at radius 3 is 2.54 bits per heavy atom. The number of carbonyl (C=O) groups is 2. The van der Waals surface area contributed by atoms with Gasteiger partial charge in [0, 0.05) is 76.3 Å². The van der Waals surface area contributed by atoms with Crippen molar-refractivity contribution in [1.82, 2.24) is 34.3 Å². The van der Waals surface area contributed by atoms with Gasteiger partial charge in [0.05, 0.1) is 40.1 Å². The van der Waals surface area contributed by atoms with Crippen molar-refractivity contribution in [2.45, 2.75) is 81.8 Å². The number of carbonyl (C=O) groups excluding carboxylic acids is 2. The molecule has 5 aromatic rings. The summed E-state index contributed by atoms with van der Waals surface area (Å²) >= 11 is 0. The number of aryl methyl sites for hydroxylation is 1. The van der Waals surface area contributed by atoms with Crippen molar-refractivity contribution in [1.29, 1.82) is 5.26 Å². The second kappa shape index (κ2) is 16.7. The van der Waals surface area contributed by atoms with Crippen LogP contribution in [0, 0.1) is 23.0 Å². The van der Waals surface area contributed by atoms with E-state index in [-0.39, 0.29) is 65.7 Å². The van der Waals surface area contributed by atoms with E-state index in [2.05, 4.69) is 25.0 Å². The van der Waals surface area contributed by atoms with Crippen molar-refractivity contribution in [3.8, 4) is 17.6 Å². The van der Waals surface area contributed by atoms with Crippen molar-refractivity contribution < 1.29 is 36.3 Å². The summed E-state index contributed by atoms with van der Waals surface area (Å²) in [6.07, 6.45) is 8.14. The van der Waals surface area contributed by atoms with Gasteiger partial charge >= 0.3 is 16.2 Å². The molecule has 1 aliphatic carbocycles. The Balaban J connectivity index is 0.818. The fourth-order valence-corrected chi connectivity index (χ4v) is 10.6. The Morgan fingerprint density at radius 2 is 1.81 bits per heavy atom. The minimum absolute atomic E-state index is 0.0195. The number of ether oxygens (including phenoxy) is 2. The highest BCUT2D eigenvalue weighted by Gasteiger charge is 2.45. The lowest BCUT2D eigenvalue weighted by Gasteiger charge is -2.44. The highest BCUT2D eigenvalue weighted by atomic mass is 32.2. The van der Waals surface area contributed by atoms with Gasteiger partial charge in [0.25, 0.3) is 0 Å². The van der Waals surface area contributed by atoms with E-state index in [0.717, 1.165) is 79.6 Å². The number of amides is 3. The average Bonchev–Trinajstić information content (AvgIpc) is 3.83. The van der Waals surface area contributed by atoms with Crippen molar-refractivity contribution in [2.24, 2.45) is 7.05 Å². The molecular weight excluding hydrogens is 835 g/mol. The standard InChI is InChI=1S/C44H48F2N10O6S/c1-4-53(2)63(59,60)52-35-12-10-33(45)41(32(35)23-47)62-29-9-11-36-37(19-29)49-38(24-48-36)27-22-44(61-25-27)14-17-55(18-15-44)28-7-5-26(6-8-28)30-21-39-31(20-34(30)46)42(51-54(39)3)56-16-13-40(57)50-43(56)58/h9-12,19-21,24,26-28,52H,4-8,13-18,22,25H2,1-3H3,(H,50,57,58)/t26?,27-,28?/m1/s1. The third-order valence-electron chi connectivity index (χ3n) is 13.3. The molecule has 3 aliphatic heterocycles. The van der Waals surface area contributed by atoms with E-state index in [1.165, 1.54) is 24.1 Å². The minimum Gasteiger partial charge on any atom is -0.453 e. The lowest BCUT2D eigenvalue weighted by Crippen LogP contribution is -2.49. The number of anilines is 2. The predicted molar refractivity (Wildman–Crippen MR) is 230 cm³/mol. The lowest BCUT2D eigenvalue weighted by atomic mass is 9.79. The number of piperidine rings is 1. The quantitative estimate of drug-likeness (QED) is 0.154. The first-order valence-electron chi connectivity index (χ1n) is 21.3. The molecule has 4 fully saturated rings. The number of benzene rings is 3. The van der Waals surface area contributed by atoms with Gasteiger partial charge < -0.3 is 14.4 Å². The molecule has 0 unspecified atom stereocenters. The molecule has 1 atom stereocenters. The molecule has 3 amide bonds. The molecule has 0 bridgehead atoms. The van der Waals surface area contributed by atoms with Crippen molar-refractivity contribution >= 4 is 55.6 Å². The average molecular weight is 883 g/mol. The summed E-state index contributed by atoms with van der Waals surface area (Å²) in [4.78, 5) is 37.7. The smallest absolute Gasteiger partial charge is 0.329 e. The Kier molecular flexibility index (Phi) is 11.3. The zero-order valence-electron chi connectivity index (χ0n) is 35.2. The summed E-state index contributed by atoms with van der Waals surface area (Å²) in [5.41, 5.74) is 2.64. The summed E-state index contributed by atoms with van der Waals surface area (Å²) < 4.78 is 73.8. The van der Waals surface area contributed by atoms with Crippen LogP contribution in [-0.2, 0) is 26.8 Å². The molecule has 9 rings (SSSR count). The van der Waals surface area contributed by atoms with E-state index >= 15 is 8.78 Å². The maximum absolute atomic E-state index is 15.8. The summed E-state index contributed by atoms with van der Waals surface area (Å²) in [6.45, 7) is 4.35. The maximum atomic E-state index is 15.8. The van der Waals surface area contributed by atoms with E-state index in [9.17, 15) is 23.3 Å². The normalized spacial score (nSPS) is 21.9. The van der Waals surface area contributed by atoms with Crippen LogP contribution in [0.1, 0.15) is 86.9 Å². The van der Waals surface area contributed by atoms with Gasteiger partial charge in [-0.05, 0) is 92.8 Å². The third kappa shape index (κ3) is 8.16. The van der Waals surface area contributed by atoms with Crippen molar-refractivity contribution in [2.75, 3.05) is 49.5 Å². The van der Waals surface area contributed by atoms with Gasteiger partial charge in [-0.1, -0.05) is 6.92 Å². The molecule has 3 saturated heterocycles.